The Labute approximate surface area is 78.5 Å². The highest BCUT2D eigenvalue weighted by Gasteiger charge is 2.06. The van der Waals surface area contributed by atoms with E-state index in [-0.39, 0.29) is 5.75 Å². The maximum atomic E-state index is 9.33. The number of para-hydroxylation sites is 1. The Morgan fingerprint density at radius 1 is 1.42 bits per heavy atom. The van der Waals surface area contributed by atoms with Gasteiger partial charge in [-0.25, -0.2) is 0 Å². The van der Waals surface area contributed by atoms with Gasteiger partial charge in [-0.1, -0.05) is 33.2 Å². The molecule has 1 aromatic carbocycles. The number of halogens is 1. The van der Waals surface area contributed by atoms with E-state index in [1.807, 2.05) is 0 Å². The quantitative estimate of drug-likeness (QED) is 0.353. The molecule has 0 spiro atoms. The number of rotatable bonds is 2. The van der Waals surface area contributed by atoms with E-state index in [1.54, 1.807) is 24.3 Å². The molecule has 4 heteroatoms. The Bertz CT molecular complexity index is 299. The largest absolute Gasteiger partial charge is 0.507 e. The van der Waals surface area contributed by atoms with Crippen molar-refractivity contribution >= 4 is 21.6 Å². The monoisotopic (exact) mass is 229 g/mol. The Balaban J connectivity index is 3.10. The summed E-state index contributed by atoms with van der Waals surface area (Å²) in [6.45, 7) is 0. The van der Waals surface area contributed by atoms with Gasteiger partial charge in [0, 0.05) is 10.9 Å². The second-order valence-corrected chi connectivity index (χ2v) is 2.76. The van der Waals surface area contributed by atoms with Crippen LogP contribution in [0, 0.1) is 0 Å². The van der Waals surface area contributed by atoms with E-state index in [2.05, 4.69) is 21.1 Å². The lowest BCUT2D eigenvalue weighted by atomic mass is 10.1. The predicted octanol–water partition coefficient (Wildman–Crippen LogP) is 1.97. The molecule has 3 nitrogen and oxygen atoms in total. The van der Waals surface area contributed by atoms with E-state index in [0.717, 1.165) is 0 Å². The van der Waals surface area contributed by atoms with Crippen LogP contribution < -0.4 is 0 Å². The molecule has 0 aliphatic heterocycles. The number of aromatic hydroxyl groups is 1. The molecule has 12 heavy (non-hydrogen) atoms. The number of benzene rings is 1. The van der Waals surface area contributed by atoms with Gasteiger partial charge in [-0.05, 0) is 12.1 Å². The van der Waals surface area contributed by atoms with Gasteiger partial charge in [0.2, 0.25) is 0 Å². The Morgan fingerprint density at radius 2 is 2.08 bits per heavy atom. The van der Waals surface area contributed by atoms with Crippen molar-refractivity contribution in [3.05, 3.63) is 29.8 Å². The van der Waals surface area contributed by atoms with Crippen LogP contribution in [0.1, 0.15) is 5.56 Å². The van der Waals surface area contributed by atoms with E-state index in [9.17, 15) is 5.11 Å². The number of alkyl halides is 1. The molecule has 0 saturated heterocycles. The molecule has 0 heterocycles. The normalized spacial score (nSPS) is 11.6. The zero-order valence-electron chi connectivity index (χ0n) is 6.24. The lowest BCUT2D eigenvalue weighted by molar-refractivity contribution is 0.319. The summed E-state index contributed by atoms with van der Waals surface area (Å²) >= 11 is 3.14. The summed E-state index contributed by atoms with van der Waals surface area (Å²) in [6.07, 6.45) is 0. The third-order valence-electron chi connectivity index (χ3n) is 1.46. The first-order valence-corrected chi connectivity index (χ1v) is 4.47. The third kappa shape index (κ3) is 1.76. The maximum Gasteiger partial charge on any atom is 0.124 e. The summed E-state index contributed by atoms with van der Waals surface area (Å²) in [4.78, 5) is 0. The molecule has 0 unspecified atom stereocenters. The number of hydrogen-bond donors (Lipinski definition) is 2. The lowest BCUT2D eigenvalue weighted by Gasteiger charge is -2.02. The van der Waals surface area contributed by atoms with Crippen molar-refractivity contribution in [1.82, 2.24) is 0 Å². The molecule has 0 aromatic heterocycles. The van der Waals surface area contributed by atoms with Crippen LogP contribution in [0.3, 0.4) is 0 Å². The first-order chi connectivity index (χ1) is 5.79. The summed E-state index contributed by atoms with van der Waals surface area (Å²) in [6, 6.07) is 6.71. The van der Waals surface area contributed by atoms with Gasteiger partial charge in [-0.2, -0.15) is 0 Å². The maximum absolute atomic E-state index is 9.33. The van der Waals surface area contributed by atoms with E-state index in [1.165, 1.54) is 0 Å². The minimum absolute atomic E-state index is 0.116. The number of phenols is 1. The summed E-state index contributed by atoms with van der Waals surface area (Å²) < 4.78 is 0. The second kappa shape index (κ2) is 4.11. The number of oxime groups is 1. The van der Waals surface area contributed by atoms with Crippen molar-refractivity contribution in [2.24, 2.45) is 5.16 Å². The number of phenolic OH excluding ortho intramolecular Hbond substituents is 1. The van der Waals surface area contributed by atoms with Gasteiger partial charge in [0.15, 0.2) is 0 Å². The first kappa shape index (κ1) is 9.06. The highest BCUT2D eigenvalue weighted by atomic mass is 79.9. The number of hydrogen-bond acceptors (Lipinski definition) is 3. The fourth-order valence-electron chi connectivity index (χ4n) is 0.870. The SMILES string of the molecule is O/N=C(\CBr)c1ccccc1O. The van der Waals surface area contributed by atoms with Gasteiger partial charge in [0.1, 0.15) is 11.5 Å². The van der Waals surface area contributed by atoms with Crippen molar-refractivity contribution in [3.63, 3.8) is 0 Å². The van der Waals surface area contributed by atoms with E-state index in [0.29, 0.717) is 16.6 Å². The minimum atomic E-state index is 0.116. The average molecular weight is 230 g/mol. The van der Waals surface area contributed by atoms with Crippen molar-refractivity contribution in [1.29, 1.82) is 0 Å². The minimum Gasteiger partial charge on any atom is -0.507 e. The van der Waals surface area contributed by atoms with Gasteiger partial charge in [-0.3, -0.25) is 0 Å². The Morgan fingerprint density at radius 3 is 2.58 bits per heavy atom. The van der Waals surface area contributed by atoms with Gasteiger partial charge in [0.05, 0.1) is 0 Å². The van der Waals surface area contributed by atoms with Gasteiger partial charge < -0.3 is 10.3 Å². The highest BCUT2D eigenvalue weighted by Crippen LogP contribution is 2.17. The van der Waals surface area contributed by atoms with Crippen molar-refractivity contribution < 1.29 is 10.3 Å². The van der Waals surface area contributed by atoms with Crippen molar-refractivity contribution in [2.45, 2.75) is 0 Å². The van der Waals surface area contributed by atoms with Crippen LogP contribution >= 0.6 is 15.9 Å². The summed E-state index contributed by atoms with van der Waals surface area (Å²) in [7, 11) is 0. The van der Waals surface area contributed by atoms with Crippen LogP contribution in [0.2, 0.25) is 0 Å². The van der Waals surface area contributed by atoms with Gasteiger partial charge >= 0.3 is 0 Å². The first-order valence-electron chi connectivity index (χ1n) is 3.35. The zero-order valence-corrected chi connectivity index (χ0v) is 7.82. The Hall–Kier alpha value is -1.03. The fourth-order valence-corrected chi connectivity index (χ4v) is 1.28. The second-order valence-electron chi connectivity index (χ2n) is 2.20. The highest BCUT2D eigenvalue weighted by molar-refractivity contribution is 9.09. The van der Waals surface area contributed by atoms with E-state index < -0.39 is 0 Å². The molecule has 2 N–H and O–H groups in total. The molecule has 0 radical (unpaired) electrons. The summed E-state index contributed by atoms with van der Waals surface area (Å²) in [5.41, 5.74) is 0.949. The van der Waals surface area contributed by atoms with Gasteiger partial charge in [0.25, 0.3) is 0 Å². The van der Waals surface area contributed by atoms with E-state index in [4.69, 9.17) is 5.21 Å². The van der Waals surface area contributed by atoms with Crippen LogP contribution in [-0.4, -0.2) is 21.4 Å². The molecular formula is C8H8BrNO2. The molecule has 0 bridgehead atoms. The molecular weight excluding hydrogens is 222 g/mol. The summed E-state index contributed by atoms with van der Waals surface area (Å²) in [5.74, 6) is 0.116. The molecule has 64 valence electrons. The zero-order chi connectivity index (χ0) is 8.97. The van der Waals surface area contributed by atoms with Crippen LogP contribution in [-0.2, 0) is 0 Å². The molecule has 0 saturated carbocycles. The summed E-state index contributed by atoms with van der Waals surface area (Å²) in [5, 5.41) is 21.3. The van der Waals surface area contributed by atoms with E-state index >= 15 is 0 Å². The molecule has 0 amide bonds. The van der Waals surface area contributed by atoms with Crippen molar-refractivity contribution in [3.8, 4) is 5.75 Å². The molecule has 0 fully saturated rings. The molecule has 1 aromatic rings. The fraction of sp³-hybridized carbons (Fsp3) is 0.125. The molecule has 0 atom stereocenters. The van der Waals surface area contributed by atoms with Crippen LogP contribution in [0.5, 0.6) is 5.75 Å². The Kier molecular flexibility index (Phi) is 3.10. The number of nitrogens with zero attached hydrogens (tertiary/aromatic N) is 1. The predicted molar refractivity (Wildman–Crippen MR) is 50.2 cm³/mol. The molecule has 1 rings (SSSR count). The molecule has 0 aliphatic carbocycles. The van der Waals surface area contributed by atoms with Crippen LogP contribution in [0.4, 0.5) is 0 Å². The smallest absolute Gasteiger partial charge is 0.124 e. The third-order valence-corrected chi connectivity index (χ3v) is 1.99. The van der Waals surface area contributed by atoms with Crippen molar-refractivity contribution in [2.75, 3.05) is 5.33 Å². The average Bonchev–Trinajstić information content (AvgIpc) is 2.10. The van der Waals surface area contributed by atoms with Gasteiger partial charge in [-0.15, -0.1) is 0 Å². The standard InChI is InChI=1S/C8H8BrNO2/c9-5-7(10-12)6-3-1-2-4-8(6)11/h1-4,11-12H,5H2/b10-7+. The topological polar surface area (TPSA) is 52.8 Å². The van der Waals surface area contributed by atoms with Crippen LogP contribution in [0.25, 0.3) is 0 Å². The molecule has 0 aliphatic rings. The lowest BCUT2D eigenvalue weighted by Crippen LogP contribution is -2.01. The van der Waals surface area contributed by atoms with Crippen LogP contribution in [0.15, 0.2) is 29.4 Å².